The van der Waals surface area contributed by atoms with Crippen LogP contribution in [-0.4, -0.2) is 65.4 Å². The van der Waals surface area contributed by atoms with Gasteiger partial charge in [-0.2, -0.15) is 0 Å². The van der Waals surface area contributed by atoms with E-state index in [2.05, 4.69) is 29.0 Å². The van der Waals surface area contributed by atoms with Crippen LogP contribution in [0.3, 0.4) is 0 Å². The Balaban J connectivity index is 0.00000196. The third-order valence-corrected chi connectivity index (χ3v) is 5.75. The number of amides is 2. The van der Waals surface area contributed by atoms with Crippen molar-refractivity contribution in [3.8, 4) is 0 Å². The number of hydrogen-bond donors (Lipinski definition) is 1. The summed E-state index contributed by atoms with van der Waals surface area (Å²) in [7, 11) is 0. The number of aryl methyl sites for hydroxylation is 1. The molecule has 1 aromatic rings. The lowest BCUT2D eigenvalue weighted by Gasteiger charge is -2.23. The van der Waals surface area contributed by atoms with Crippen LogP contribution in [0.1, 0.15) is 42.6 Å². The van der Waals surface area contributed by atoms with Gasteiger partial charge in [-0.25, -0.2) is 0 Å². The van der Waals surface area contributed by atoms with Crippen molar-refractivity contribution >= 4 is 36.6 Å². The Morgan fingerprint density at radius 2 is 2.04 bits per heavy atom. The van der Waals surface area contributed by atoms with E-state index < -0.39 is 0 Å². The van der Waals surface area contributed by atoms with E-state index in [4.69, 9.17) is 0 Å². The molecule has 0 saturated carbocycles. The van der Waals surface area contributed by atoms with Gasteiger partial charge >= 0.3 is 0 Å². The Bertz CT molecular complexity index is 671. The van der Waals surface area contributed by atoms with Crippen molar-refractivity contribution in [1.29, 1.82) is 0 Å². The summed E-state index contributed by atoms with van der Waals surface area (Å²) in [5, 5.41) is 3.23. The number of halogens is 2. The zero-order valence-corrected chi connectivity index (χ0v) is 18.5. The summed E-state index contributed by atoms with van der Waals surface area (Å²) < 4.78 is 0. The Morgan fingerprint density at radius 3 is 2.64 bits per heavy atom. The highest BCUT2D eigenvalue weighted by atomic mass is 35.5. The quantitative estimate of drug-likeness (QED) is 0.752. The van der Waals surface area contributed by atoms with E-state index in [-0.39, 0.29) is 42.7 Å². The van der Waals surface area contributed by atoms with Crippen LogP contribution in [0.2, 0.25) is 0 Å². The molecule has 0 bridgehead atoms. The van der Waals surface area contributed by atoms with Crippen LogP contribution in [0.15, 0.2) is 18.5 Å². The van der Waals surface area contributed by atoms with Crippen molar-refractivity contribution in [2.24, 2.45) is 11.8 Å². The Morgan fingerprint density at radius 1 is 1.29 bits per heavy atom. The number of carbonyl (C=O) groups excluding carboxylic acids is 2. The predicted octanol–water partition coefficient (Wildman–Crippen LogP) is 2.54. The highest BCUT2D eigenvalue weighted by Crippen LogP contribution is 2.25. The average molecular weight is 431 g/mol. The lowest BCUT2D eigenvalue weighted by atomic mass is 9.91. The molecule has 2 atom stereocenters. The smallest absolute Gasteiger partial charge is 0.253 e. The van der Waals surface area contributed by atoms with Crippen LogP contribution in [0, 0.1) is 18.8 Å². The molecule has 8 heteroatoms. The molecule has 2 aliphatic heterocycles. The SMILES string of the molecule is Cc1ccncc1C(=O)N[C@H]1CN(CCN2CCCC2=O)C[C@@H]1C(C)C.Cl.Cl. The van der Waals surface area contributed by atoms with Gasteiger partial charge in [-0.15, -0.1) is 24.8 Å². The first-order valence-electron chi connectivity index (χ1n) is 9.67. The molecule has 158 valence electrons. The molecule has 0 unspecified atom stereocenters. The monoisotopic (exact) mass is 430 g/mol. The summed E-state index contributed by atoms with van der Waals surface area (Å²) in [6.07, 6.45) is 5.02. The van der Waals surface area contributed by atoms with Crippen LogP contribution in [0.4, 0.5) is 0 Å². The molecule has 0 spiro atoms. The second kappa shape index (κ2) is 11.0. The highest BCUT2D eigenvalue weighted by molar-refractivity contribution is 5.95. The molecule has 2 fully saturated rings. The Labute approximate surface area is 180 Å². The number of pyridine rings is 1. The second-order valence-electron chi connectivity index (χ2n) is 7.92. The topological polar surface area (TPSA) is 65.5 Å². The van der Waals surface area contributed by atoms with Gasteiger partial charge in [-0.3, -0.25) is 19.5 Å². The molecule has 0 aromatic carbocycles. The molecule has 1 N–H and O–H groups in total. The Hall–Kier alpha value is -1.37. The van der Waals surface area contributed by atoms with Gasteiger partial charge < -0.3 is 10.2 Å². The fraction of sp³-hybridized carbons (Fsp3) is 0.650. The van der Waals surface area contributed by atoms with E-state index in [0.29, 0.717) is 23.8 Å². The summed E-state index contributed by atoms with van der Waals surface area (Å²) in [6, 6.07) is 2.00. The Kier molecular flexibility index (Phi) is 9.67. The highest BCUT2D eigenvalue weighted by Gasteiger charge is 2.36. The largest absolute Gasteiger partial charge is 0.348 e. The minimum Gasteiger partial charge on any atom is -0.348 e. The molecule has 2 amide bonds. The number of nitrogens with one attached hydrogen (secondary N) is 1. The molecular formula is C20H32Cl2N4O2. The van der Waals surface area contributed by atoms with Gasteiger partial charge in [0.05, 0.1) is 5.56 Å². The standard InChI is InChI=1S/C20H30N4O2.2ClH/c1-14(2)17-12-23(9-10-24-8-4-5-19(24)25)13-18(17)22-20(26)16-11-21-7-6-15(16)3;;/h6-7,11,14,17-18H,4-5,8-10,12-13H2,1-3H3,(H,22,26);2*1H/t17-,18+;;/m1../s1. The van der Waals surface area contributed by atoms with E-state index in [1.54, 1.807) is 12.4 Å². The lowest BCUT2D eigenvalue weighted by Crippen LogP contribution is -2.42. The molecule has 3 rings (SSSR count). The molecular weight excluding hydrogens is 399 g/mol. The predicted molar refractivity (Wildman–Crippen MR) is 115 cm³/mol. The van der Waals surface area contributed by atoms with Crippen LogP contribution in [-0.2, 0) is 4.79 Å². The number of likely N-dealkylation sites (tertiary alicyclic amines) is 2. The first-order chi connectivity index (χ1) is 12.5. The van der Waals surface area contributed by atoms with Crippen molar-refractivity contribution in [2.45, 2.75) is 39.7 Å². The van der Waals surface area contributed by atoms with Gasteiger partial charge in [0.2, 0.25) is 5.91 Å². The molecule has 3 heterocycles. The van der Waals surface area contributed by atoms with Crippen LogP contribution in [0.5, 0.6) is 0 Å². The molecule has 0 aliphatic carbocycles. The normalized spacial score (nSPS) is 22.1. The van der Waals surface area contributed by atoms with Gasteiger partial charge in [0.1, 0.15) is 0 Å². The van der Waals surface area contributed by atoms with Crippen molar-refractivity contribution in [3.05, 3.63) is 29.6 Å². The number of hydrogen-bond acceptors (Lipinski definition) is 4. The molecule has 1 aromatic heterocycles. The second-order valence-corrected chi connectivity index (χ2v) is 7.92. The molecule has 28 heavy (non-hydrogen) atoms. The van der Waals surface area contributed by atoms with Crippen molar-refractivity contribution in [1.82, 2.24) is 20.1 Å². The lowest BCUT2D eigenvalue weighted by molar-refractivity contribution is -0.127. The molecule has 2 aliphatic rings. The van der Waals surface area contributed by atoms with Gasteiger partial charge in [0.25, 0.3) is 5.91 Å². The van der Waals surface area contributed by atoms with E-state index >= 15 is 0 Å². The first kappa shape index (κ1) is 24.7. The minimum absolute atomic E-state index is 0. The maximum atomic E-state index is 12.7. The maximum Gasteiger partial charge on any atom is 0.253 e. The zero-order valence-electron chi connectivity index (χ0n) is 16.9. The number of aromatic nitrogens is 1. The fourth-order valence-corrected chi connectivity index (χ4v) is 4.07. The van der Waals surface area contributed by atoms with Gasteiger partial charge in [-0.1, -0.05) is 13.8 Å². The van der Waals surface area contributed by atoms with Crippen molar-refractivity contribution < 1.29 is 9.59 Å². The number of carbonyl (C=O) groups is 2. The van der Waals surface area contributed by atoms with Gasteiger partial charge in [0, 0.05) is 57.6 Å². The van der Waals surface area contributed by atoms with Crippen LogP contribution >= 0.6 is 24.8 Å². The fourth-order valence-electron chi connectivity index (χ4n) is 4.07. The van der Waals surface area contributed by atoms with Gasteiger partial charge in [-0.05, 0) is 36.8 Å². The first-order valence-corrected chi connectivity index (χ1v) is 9.67. The summed E-state index contributed by atoms with van der Waals surface area (Å²) in [5.74, 6) is 1.16. The zero-order chi connectivity index (χ0) is 18.7. The maximum absolute atomic E-state index is 12.7. The summed E-state index contributed by atoms with van der Waals surface area (Å²) >= 11 is 0. The van der Waals surface area contributed by atoms with Crippen molar-refractivity contribution in [2.75, 3.05) is 32.7 Å². The number of nitrogens with zero attached hydrogens (tertiary/aromatic N) is 3. The van der Waals surface area contributed by atoms with E-state index in [9.17, 15) is 9.59 Å². The third kappa shape index (κ3) is 5.82. The number of rotatable bonds is 6. The molecule has 6 nitrogen and oxygen atoms in total. The molecule has 0 radical (unpaired) electrons. The van der Waals surface area contributed by atoms with E-state index in [0.717, 1.165) is 44.7 Å². The van der Waals surface area contributed by atoms with Crippen LogP contribution in [0.25, 0.3) is 0 Å². The minimum atomic E-state index is -0.0391. The van der Waals surface area contributed by atoms with E-state index in [1.807, 2.05) is 17.9 Å². The van der Waals surface area contributed by atoms with Gasteiger partial charge in [0.15, 0.2) is 0 Å². The summed E-state index contributed by atoms with van der Waals surface area (Å²) in [6.45, 7) is 10.7. The summed E-state index contributed by atoms with van der Waals surface area (Å²) in [5.41, 5.74) is 1.59. The van der Waals surface area contributed by atoms with Crippen molar-refractivity contribution in [3.63, 3.8) is 0 Å². The average Bonchev–Trinajstić information content (AvgIpc) is 3.19. The molecule has 2 saturated heterocycles. The van der Waals surface area contributed by atoms with E-state index in [1.165, 1.54) is 0 Å². The van der Waals surface area contributed by atoms with Crippen LogP contribution < -0.4 is 5.32 Å². The summed E-state index contributed by atoms with van der Waals surface area (Å²) in [4.78, 5) is 32.9. The third-order valence-electron chi connectivity index (χ3n) is 5.75.